The van der Waals surface area contributed by atoms with Gasteiger partial charge in [-0.25, -0.2) is 0 Å². The molecule has 0 amide bonds. The highest BCUT2D eigenvalue weighted by Crippen LogP contribution is 2.06. The number of benzene rings is 1. The number of rotatable bonds is 5. The predicted molar refractivity (Wildman–Crippen MR) is 67.5 cm³/mol. The summed E-state index contributed by atoms with van der Waals surface area (Å²) in [5, 5.41) is 0. The minimum atomic E-state index is 0.506. The first-order chi connectivity index (χ1) is 7.72. The van der Waals surface area contributed by atoms with E-state index >= 15 is 0 Å². The van der Waals surface area contributed by atoms with Gasteiger partial charge in [0.05, 0.1) is 0 Å². The molecule has 0 heterocycles. The molecule has 0 aliphatic rings. The summed E-state index contributed by atoms with van der Waals surface area (Å²) in [7, 11) is 0. The van der Waals surface area contributed by atoms with Crippen molar-refractivity contribution in [1.29, 1.82) is 0 Å². The molecule has 0 saturated carbocycles. The normalized spacial score (nSPS) is 9.69. The molecule has 0 fully saturated rings. The lowest BCUT2D eigenvalue weighted by atomic mass is 10.2. The molecule has 0 aliphatic carbocycles. The van der Waals surface area contributed by atoms with Gasteiger partial charge in [-0.15, -0.1) is 6.42 Å². The van der Waals surface area contributed by atoms with Crippen LogP contribution in [0.1, 0.15) is 5.56 Å². The van der Waals surface area contributed by atoms with Crippen LogP contribution in [-0.4, -0.2) is 0 Å². The summed E-state index contributed by atoms with van der Waals surface area (Å²) in [5.41, 5.74) is 1.71. The van der Waals surface area contributed by atoms with E-state index in [9.17, 15) is 0 Å². The Kier molecular flexibility index (Phi) is 4.69. The van der Waals surface area contributed by atoms with E-state index < -0.39 is 0 Å². The lowest BCUT2D eigenvalue weighted by Crippen LogP contribution is -1.90. The molecule has 1 heteroatoms. The lowest BCUT2D eigenvalue weighted by molar-refractivity contribution is 0.212. The Morgan fingerprint density at radius 2 is 1.94 bits per heavy atom. The van der Waals surface area contributed by atoms with Crippen molar-refractivity contribution in [2.45, 2.75) is 6.61 Å². The monoisotopic (exact) mass is 210 g/mol. The Morgan fingerprint density at radius 1 is 1.25 bits per heavy atom. The molecule has 0 atom stereocenters. The second kappa shape index (κ2) is 6.31. The smallest absolute Gasteiger partial charge is 0.113 e. The van der Waals surface area contributed by atoms with Gasteiger partial charge in [-0.3, -0.25) is 0 Å². The molecule has 0 aromatic heterocycles. The maximum Gasteiger partial charge on any atom is 0.113 e. The van der Waals surface area contributed by atoms with Crippen molar-refractivity contribution in [1.82, 2.24) is 0 Å². The summed E-state index contributed by atoms with van der Waals surface area (Å²) < 4.78 is 5.43. The van der Waals surface area contributed by atoms with Crippen molar-refractivity contribution in [2.24, 2.45) is 0 Å². The summed E-state index contributed by atoms with van der Waals surface area (Å²) >= 11 is 0. The van der Waals surface area contributed by atoms with Gasteiger partial charge in [0.2, 0.25) is 0 Å². The maximum atomic E-state index is 5.43. The second-order valence-electron chi connectivity index (χ2n) is 3.24. The highest BCUT2D eigenvalue weighted by molar-refractivity contribution is 5.35. The van der Waals surface area contributed by atoms with E-state index in [-0.39, 0.29) is 0 Å². The quantitative estimate of drug-likeness (QED) is 0.411. The third-order valence-electron chi connectivity index (χ3n) is 1.92. The Balaban J connectivity index is 2.40. The molecule has 0 radical (unpaired) electrons. The summed E-state index contributed by atoms with van der Waals surface area (Å²) in [5.74, 6) is 2.99. The summed E-state index contributed by atoms with van der Waals surface area (Å²) in [6, 6.07) is 9.90. The average Bonchev–Trinajstić information content (AvgIpc) is 2.34. The topological polar surface area (TPSA) is 9.23 Å². The molecule has 1 aromatic rings. The largest absolute Gasteiger partial charge is 0.490 e. The van der Waals surface area contributed by atoms with Crippen molar-refractivity contribution < 1.29 is 4.74 Å². The summed E-state index contributed by atoms with van der Waals surface area (Å²) in [4.78, 5) is 0. The summed E-state index contributed by atoms with van der Waals surface area (Å²) in [6.07, 6.45) is 8.57. The zero-order valence-electron chi connectivity index (χ0n) is 9.15. The first-order valence-electron chi connectivity index (χ1n) is 4.91. The van der Waals surface area contributed by atoms with Crippen LogP contribution >= 0.6 is 0 Å². The molecule has 0 saturated heterocycles. The third kappa shape index (κ3) is 4.34. The molecule has 16 heavy (non-hydrogen) atoms. The molecule has 1 nitrogen and oxygen atoms in total. The molecule has 0 aliphatic heterocycles. The van der Waals surface area contributed by atoms with E-state index in [0.717, 1.165) is 5.56 Å². The second-order valence-corrected chi connectivity index (χ2v) is 3.24. The predicted octanol–water partition coefficient (Wildman–Crippen LogP) is 3.46. The standard InChI is InChI=1S/C15H14O/c1-4-13(2)10-11-14(3)16-12-15-8-6-5-7-9-15/h1,5-11H,2-3,12H2/b11-10-. The lowest BCUT2D eigenvalue weighted by Gasteiger charge is -2.05. The van der Waals surface area contributed by atoms with Crippen LogP contribution in [-0.2, 0) is 11.3 Å². The van der Waals surface area contributed by atoms with Crippen LogP contribution < -0.4 is 0 Å². The molecular formula is C15H14O. The van der Waals surface area contributed by atoms with Crippen LogP contribution in [0.25, 0.3) is 0 Å². The summed E-state index contributed by atoms with van der Waals surface area (Å²) in [6.45, 7) is 7.91. The van der Waals surface area contributed by atoms with Crippen molar-refractivity contribution in [3.8, 4) is 12.3 Å². The van der Waals surface area contributed by atoms with Crippen molar-refractivity contribution in [2.75, 3.05) is 0 Å². The zero-order valence-corrected chi connectivity index (χ0v) is 9.15. The minimum absolute atomic E-state index is 0.506. The van der Waals surface area contributed by atoms with Crippen LogP contribution in [0.4, 0.5) is 0 Å². The van der Waals surface area contributed by atoms with Gasteiger partial charge in [-0.1, -0.05) is 49.4 Å². The van der Waals surface area contributed by atoms with Crippen LogP contribution in [0, 0.1) is 12.3 Å². The molecule has 0 bridgehead atoms. The van der Waals surface area contributed by atoms with Gasteiger partial charge in [0.25, 0.3) is 0 Å². The van der Waals surface area contributed by atoms with E-state index in [4.69, 9.17) is 11.2 Å². The molecular weight excluding hydrogens is 196 g/mol. The first-order valence-corrected chi connectivity index (χ1v) is 4.91. The minimum Gasteiger partial charge on any atom is -0.490 e. The fourth-order valence-electron chi connectivity index (χ4n) is 1.04. The molecule has 0 unspecified atom stereocenters. The number of hydrogen-bond donors (Lipinski definition) is 0. The van der Waals surface area contributed by atoms with Crippen molar-refractivity contribution in [3.63, 3.8) is 0 Å². The highest BCUT2D eigenvalue weighted by Gasteiger charge is 1.92. The van der Waals surface area contributed by atoms with Crippen LogP contribution in [0.15, 0.2) is 67.0 Å². The van der Waals surface area contributed by atoms with E-state index in [1.165, 1.54) is 0 Å². The van der Waals surface area contributed by atoms with Gasteiger partial charge >= 0.3 is 0 Å². The van der Waals surface area contributed by atoms with Gasteiger partial charge in [-0.05, 0) is 17.7 Å². The van der Waals surface area contributed by atoms with Crippen LogP contribution in [0.2, 0.25) is 0 Å². The van der Waals surface area contributed by atoms with Gasteiger partial charge in [0.15, 0.2) is 0 Å². The molecule has 80 valence electrons. The van der Waals surface area contributed by atoms with Gasteiger partial charge < -0.3 is 4.74 Å². The van der Waals surface area contributed by atoms with Crippen molar-refractivity contribution in [3.05, 3.63) is 72.5 Å². The Morgan fingerprint density at radius 3 is 2.56 bits per heavy atom. The van der Waals surface area contributed by atoms with Gasteiger partial charge in [-0.2, -0.15) is 0 Å². The molecule has 1 rings (SSSR count). The Hall–Kier alpha value is -2.20. The maximum absolute atomic E-state index is 5.43. The van der Waals surface area contributed by atoms with E-state index in [1.54, 1.807) is 12.2 Å². The van der Waals surface area contributed by atoms with Crippen LogP contribution in [0.5, 0.6) is 0 Å². The van der Waals surface area contributed by atoms with E-state index in [1.807, 2.05) is 30.3 Å². The van der Waals surface area contributed by atoms with Gasteiger partial charge in [0, 0.05) is 5.57 Å². The SMILES string of the molecule is C#CC(=C)/C=C\C(=C)OCc1ccccc1. The molecule has 0 spiro atoms. The number of terminal acetylenes is 1. The third-order valence-corrected chi connectivity index (χ3v) is 1.92. The highest BCUT2D eigenvalue weighted by atomic mass is 16.5. The Labute approximate surface area is 96.8 Å². The number of allylic oxidation sites excluding steroid dienone is 3. The number of ether oxygens (including phenoxy) is 1. The number of hydrogen-bond acceptors (Lipinski definition) is 1. The Bertz CT molecular complexity index is 432. The molecule has 1 aromatic carbocycles. The average molecular weight is 210 g/mol. The molecule has 0 N–H and O–H groups in total. The fraction of sp³-hybridized carbons (Fsp3) is 0.0667. The first kappa shape index (κ1) is 11.9. The zero-order chi connectivity index (χ0) is 11.8. The van der Waals surface area contributed by atoms with Gasteiger partial charge in [0.1, 0.15) is 12.4 Å². The van der Waals surface area contributed by atoms with E-state index in [0.29, 0.717) is 17.9 Å². The van der Waals surface area contributed by atoms with Crippen molar-refractivity contribution >= 4 is 0 Å². The van der Waals surface area contributed by atoms with Crippen LogP contribution in [0.3, 0.4) is 0 Å². The fourth-order valence-corrected chi connectivity index (χ4v) is 1.04. The van der Waals surface area contributed by atoms with E-state index in [2.05, 4.69) is 19.1 Å².